The van der Waals surface area contributed by atoms with Crippen LogP contribution in [0, 0.1) is 0 Å². The first-order valence-corrected chi connectivity index (χ1v) is 8.23. The zero-order valence-electron chi connectivity index (χ0n) is 14.0. The quantitative estimate of drug-likeness (QED) is 0.638. The summed E-state index contributed by atoms with van der Waals surface area (Å²) in [4.78, 5) is 12.0. The highest BCUT2D eigenvalue weighted by Gasteiger charge is 2.35. The molecular formula is C16H32N2O3. The van der Waals surface area contributed by atoms with Crippen LogP contribution in [0.5, 0.6) is 0 Å². The van der Waals surface area contributed by atoms with Crippen molar-refractivity contribution in [2.24, 2.45) is 0 Å². The summed E-state index contributed by atoms with van der Waals surface area (Å²) >= 11 is 0. The lowest BCUT2D eigenvalue weighted by molar-refractivity contribution is -0.124. The first-order valence-electron chi connectivity index (χ1n) is 8.23. The van der Waals surface area contributed by atoms with Crippen LogP contribution in [0.2, 0.25) is 0 Å². The normalized spacial score (nSPS) is 22.8. The molecule has 124 valence electrons. The van der Waals surface area contributed by atoms with Crippen molar-refractivity contribution in [3.05, 3.63) is 0 Å². The largest absolute Gasteiger partial charge is 0.385 e. The lowest BCUT2D eigenvalue weighted by Crippen LogP contribution is -2.52. The van der Waals surface area contributed by atoms with Crippen molar-refractivity contribution in [1.29, 1.82) is 0 Å². The van der Waals surface area contributed by atoms with Gasteiger partial charge in [0.2, 0.25) is 5.91 Å². The SMILES string of the molecule is CCC1(CC)CC(NC(C)C(=O)NCCCOC)CCO1. The first kappa shape index (κ1) is 18.4. The van der Waals surface area contributed by atoms with E-state index in [1.807, 2.05) is 6.92 Å². The van der Waals surface area contributed by atoms with E-state index in [0.717, 1.165) is 38.7 Å². The Morgan fingerprint density at radius 1 is 1.43 bits per heavy atom. The molecule has 2 unspecified atom stereocenters. The van der Waals surface area contributed by atoms with Gasteiger partial charge in [0, 0.05) is 32.9 Å². The molecule has 1 aliphatic heterocycles. The number of ether oxygens (including phenoxy) is 2. The number of carbonyl (C=O) groups is 1. The molecular weight excluding hydrogens is 268 g/mol. The average molecular weight is 300 g/mol. The minimum absolute atomic E-state index is 0.00935. The predicted octanol–water partition coefficient (Wildman–Crippen LogP) is 1.85. The van der Waals surface area contributed by atoms with Crippen molar-refractivity contribution in [3.63, 3.8) is 0 Å². The van der Waals surface area contributed by atoms with Crippen LogP contribution in [-0.4, -0.2) is 50.5 Å². The molecule has 0 aliphatic carbocycles. The Balaban J connectivity index is 2.36. The van der Waals surface area contributed by atoms with Crippen LogP contribution >= 0.6 is 0 Å². The summed E-state index contributed by atoms with van der Waals surface area (Å²) in [6.45, 7) is 8.41. The van der Waals surface area contributed by atoms with Crippen molar-refractivity contribution in [2.75, 3.05) is 26.9 Å². The third kappa shape index (κ3) is 5.93. The predicted molar refractivity (Wildman–Crippen MR) is 84.4 cm³/mol. The number of hydrogen-bond donors (Lipinski definition) is 2. The highest BCUT2D eigenvalue weighted by atomic mass is 16.5. The average Bonchev–Trinajstić information content (AvgIpc) is 2.51. The number of carbonyl (C=O) groups excluding carboxylic acids is 1. The Morgan fingerprint density at radius 3 is 2.76 bits per heavy atom. The fourth-order valence-electron chi connectivity index (χ4n) is 2.92. The van der Waals surface area contributed by atoms with E-state index in [9.17, 15) is 4.79 Å². The summed E-state index contributed by atoms with van der Waals surface area (Å²) in [6, 6.07) is 0.195. The molecule has 0 spiro atoms. The Bertz CT molecular complexity index is 306. The van der Waals surface area contributed by atoms with Gasteiger partial charge in [-0.15, -0.1) is 0 Å². The third-order valence-corrected chi connectivity index (χ3v) is 4.49. The van der Waals surface area contributed by atoms with Crippen molar-refractivity contribution >= 4 is 5.91 Å². The van der Waals surface area contributed by atoms with E-state index in [1.54, 1.807) is 7.11 Å². The van der Waals surface area contributed by atoms with E-state index in [2.05, 4.69) is 24.5 Å². The fraction of sp³-hybridized carbons (Fsp3) is 0.938. The molecule has 0 aromatic heterocycles. The van der Waals surface area contributed by atoms with Gasteiger partial charge in [-0.05, 0) is 39.0 Å². The number of hydrogen-bond acceptors (Lipinski definition) is 4. The Labute approximate surface area is 129 Å². The maximum atomic E-state index is 12.0. The van der Waals surface area contributed by atoms with E-state index < -0.39 is 0 Å². The standard InChI is InChI=1S/C16H32N2O3/c1-5-16(6-2)12-14(8-11-21-16)18-13(3)15(19)17-9-7-10-20-4/h13-14,18H,5-12H2,1-4H3,(H,17,19). The molecule has 1 heterocycles. The first-order chi connectivity index (χ1) is 10.1. The summed E-state index contributed by atoms with van der Waals surface area (Å²) in [5, 5.41) is 6.40. The second-order valence-electron chi connectivity index (χ2n) is 5.95. The van der Waals surface area contributed by atoms with E-state index in [0.29, 0.717) is 19.2 Å². The van der Waals surface area contributed by atoms with Crippen molar-refractivity contribution in [1.82, 2.24) is 10.6 Å². The molecule has 1 amide bonds. The minimum Gasteiger partial charge on any atom is -0.385 e. The molecule has 1 fully saturated rings. The molecule has 0 aromatic carbocycles. The molecule has 0 bridgehead atoms. The van der Waals surface area contributed by atoms with Crippen molar-refractivity contribution in [2.45, 2.75) is 70.6 Å². The summed E-state index contributed by atoms with van der Waals surface area (Å²) in [5.41, 5.74) is -0.00935. The molecule has 2 atom stereocenters. The maximum absolute atomic E-state index is 12.0. The second-order valence-corrected chi connectivity index (χ2v) is 5.95. The monoisotopic (exact) mass is 300 g/mol. The molecule has 21 heavy (non-hydrogen) atoms. The Kier molecular flexibility index (Phi) is 8.22. The summed E-state index contributed by atoms with van der Waals surface area (Å²) in [6.07, 6.45) is 4.86. The number of nitrogens with one attached hydrogen (secondary N) is 2. The van der Waals surface area contributed by atoms with Gasteiger partial charge in [-0.25, -0.2) is 0 Å². The molecule has 5 heteroatoms. The highest BCUT2D eigenvalue weighted by Crippen LogP contribution is 2.31. The van der Waals surface area contributed by atoms with E-state index in [4.69, 9.17) is 9.47 Å². The molecule has 1 rings (SSSR count). The molecule has 5 nitrogen and oxygen atoms in total. The van der Waals surface area contributed by atoms with Crippen LogP contribution < -0.4 is 10.6 Å². The van der Waals surface area contributed by atoms with Crippen LogP contribution in [0.3, 0.4) is 0 Å². The number of rotatable bonds is 9. The zero-order chi connectivity index (χ0) is 15.7. The van der Waals surface area contributed by atoms with Gasteiger partial charge in [-0.2, -0.15) is 0 Å². The van der Waals surface area contributed by atoms with E-state index >= 15 is 0 Å². The van der Waals surface area contributed by atoms with E-state index in [1.165, 1.54) is 0 Å². The zero-order valence-corrected chi connectivity index (χ0v) is 14.0. The minimum atomic E-state index is -0.165. The maximum Gasteiger partial charge on any atom is 0.236 e. The number of methoxy groups -OCH3 is 1. The lowest BCUT2D eigenvalue weighted by Gasteiger charge is -2.41. The molecule has 0 radical (unpaired) electrons. The molecule has 2 N–H and O–H groups in total. The third-order valence-electron chi connectivity index (χ3n) is 4.49. The van der Waals surface area contributed by atoms with Crippen molar-refractivity contribution in [3.8, 4) is 0 Å². The number of amides is 1. The highest BCUT2D eigenvalue weighted by molar-refractivity contribution is 5.81. The van der Waals surface area contributed by atoms with Crippen LogP contribution in [0.25, 0.3) is 0 Å². The smallest absolute Gasteiger partial charge is 0.236 e. The van der Waals surface area contributed by atoms with Crippen LogP contribution in [0.4, 0.5) is 0 Å². The van der Waals surface area contributed by atoms with Gasteiger partial charge in [0.05, 0.1) is 11.6 Å². The van der Waals surface area contributed by atoms with Gasteiger partial charge in [-0.1, -0.05) is 13.8 Å². The van der Waals surface area contributed by atoms with Gasteiger partial charge in [-0.3, -0.25) is 4.79 Å². The van der Waals surface area contributed by atoms with Crippen molar-refractivity contribution < 1.29 is 14.3 Å². The van der Waals surface area contributed by atoms with Gasteiger partial charge >= 0.3 is 0 Å². The summed E-state index contributed by atoms with van der Waals surface area (Å²) in [5.74, 6) is 0.0659. The Morgan fingerprint density at radius 2 is 2.14 bits per heavy atom. The fourth-order valence-corrected chi connectivity index (χ4v) is 2.92. The summed E-state index contributed by atoms with van der Waals surface area (Å²) in [7, 11) is 1.67. The molecule has 1 aliphatic rings. The molecule has 0 aromatic rings. The van der Waals surface area contributed by atoms with Gasteiger partial charge < -0.3 is 20.1 Å². The second kappa shape index (κ2) is 9.38. The Hall–Kier alpha value is -0.650. The van der Waals surface area contributed by atoms with Gasteiger partial charge in [0.15, 0.2) is 0 Å². The van der Waals surface area contributed by atoms with Crippen LogP contribution in [0.1, 0.15) is 52.9 Å². The molecule has 0 saturated carbocycles. The lowest BCUT2D eigenvalue weighted by atomic mass is 9.85. The van der Waals surface area contributed by atoms with E-state index in [-0.39, 0.29) is 17.6 Å². The summed E-state index contributed by atoms with van der Waals surface area (Å²) < 4.78 is 10.9. The molecule has 1 saturated heterocycles. The van der Waals surface area contributed by atoms with Gasteiger partial charge in [0.25, 0.3) is 0 Å². The topological polar surface area (TPSA) is 59.6 Å². The van der Waals surface area contributed by atoms with Gasteiger partial charge in [0.1, 0.15) is 0 Å². The van der Waals surface area contributed by atoms with Crippen LogP contribution in [0.15, 0.2) is 0 Å². The van der Waals surface area contributed by atoms with Crippen LogP contribution in [-0.2, 0) is 14.3 Å².